The third kappa shape index (κ3) is 4.86. The molecule has 0 aliphatic rings. The SMILES string of the molecule is O=C(Cc1ccccc1)N[C@H](Cc1ccc(Cl)nc1)C(=O)O. The predicted molar refractivity (Wildman–Crippen MR) is 82.7 cm³/mol. The molecule has 0 aliphatic heterocycles. The van der Waals surface area contributed by atoms with Crippen LogP contribution in [0.2, 0.25) is 5.15 Å². The van der Waals surface area contributed by atoms with Crippen molar-refractivity contribution >= 4 is 23.5 Å². The topological polar surface area (TPSA) is 79.3 Å². The molecule has 1 aromatic carbocycles. The Bertz CT molecular complexity index is 644. The van der Waals surface area contributed by atoms with Gasteiger partial charge in [0.1, 0.15) is 11.2 Å². The summed E-state index contributed by atoms with van der Waals surface area (Å²) in [6, 6.07) is 11.4. The number of nitrogens with zero attached hydrogens (tertiary/aromatic N) is 1. The van der Waals surface area contributed by atoms with Crippen LogP contribution in [0.25, 0.3) is 0 Å². The zero-order valence-corrected chi connectivity index (χ0v) is 12.5. The number of halogens is 1. The van der Waals surface area contributed by atoms with Crippen molar-refractivity contribution in [2.24, 2.45) is 0 Å². The Morgan fingerprint density at radius 2 is 1.86 bits per heavy atom. The van der Waals surface area contributed by atoms with E-state index in [0.717, 1.165) is 5.56 Å². The van der Waals surface area contributed by atoms with Gasteiger partial charge in [-0.25, -0.2) is 9.78 Å². The summed E-state index contributed by atoms with van der Waals surface area (Å²) in [6.45, 7) is 0. The van der Waals surface area contributed by atoms with Gasteiger partial charge in [-0.05, 0) is 17.2 Å². The van der Waals surface area contributed by atoms with E-state index in [1.54, 1.807) is 12.1 Å². The molecule has 2 rings (SSSR count). The molecule has 0 aliphatic carbocycles. The van der Waals surface area contributed by atoms with E-state index in [9.17, 15) is 14.7 Å². The van der Waals surface area contributed by atoms with E-state index in [1.165, 1.54) is 6.20 Å². The minimum Gasteiger partial charge on any atom is -0.480 e. The van der Waals surface area contributed by atoms with E-state index in [2.05, 4.69) is 10.3 Å². The van der Waals surface area contributed by atoms with Gasteiger partial charge in [-0.15, -0.1) is 0 Å². The number of nitrogens with one attached hydrogen (secondary N) is 1. The molecule has 2 aromatic rings. The molecule has 1 amide bonds. The first-order valence-corrected chi connectivity index (χ1v) is 7.09. The van der Waals surface area contributed by atoms with Crippen LogP contribution >= 0.6 is 11.6 Å². The number of hydrogen-bond acceptors (Lipinski definition) is 3. The zero-order valence-electron chi connectivity index (χ0n) is 11.7. The second-order valence-electron chi connectivity index (χ2n) is 4.81. The van der Waals surface area contributed by atoms with Crippen molar-refractivity contribution in [1.82, 2.24) is 10.3 Å². The molecular formula is C16H15ClN2O3. The van der Waals surface area contributed by atoms with Gasteiger partial charge < -0.3 is 10.4 Å². The normalized spacial score (nSPS) is 11.7. The van der Waals surface area contributed by atoms with E-state index in [1.807, 2.05) is 30.3 Å². The zero-order chi connectivity index (χ0) is 15.9. The third-order valence-electron chi connectivity index (χ3n) is 3.07. The second-order valence-corrected chi connectivity index (χ2v) is 5.20. The highest BCUT2D eigenvalue weighted by Crippen LogP contribution is 2.08. The summed E-state index contributed by atoms with van der Waals surface area (Å²) >= 11 is 5.69. The van der Waals surface area contributed by atoms with Crippen LogP contribution in [-0.2, 0) is 22.4 Å². The van der Waals surface area contributed by atoms with Gasteiger partial charge in [0, 0.05) is 12.6 Å². The summed E-state index contributed by atoms with van der Waals surface area (Å²) in [5.74, 6) is -1.42. The number of aliphatic carboxylic acids is 1. The van der Waals surface area contributed by atoms with Crippen molar-refractivity contribution < 1.29 is 14.7 Å². The summed E-state index contributed by atoms with van der Waals surface area (Å²) in [4.78, 5) is 27.2. The van der Waals surface area contributed by atoms with Crippen molar-refractivity contribution in [2.45, 2.75) is 18.9 Å². The molecule has 0 radical (unpaired) electrons. The molecule has 0 unspecified atom stereocenters. The van der Waals surface area contributed by atoms with Crippen LogP contribution < -0.4 is 5.32 Å². The quantitative estimate of drug-likeness (QED) is 0.799. The lowest BCUT2D eigenvalue weighted by atomic mass is 10.1. The Morgan fingerprint density at radius 3 is 2.45 bits per heavy atom. The molecule has 0 saturated heterocycles. The van der Waals surface area contributed by atoms with Crippen molar-refractivity contribution in [3.63, 3.8) is 0 Å². The third-order valence-corrected chi connectivity index (χ3v) is 3.29. The van der Waals surface area contributed by atoms with Gasteiger partial charge in [-0.2, -0.15) is 0 Å². The Balaban J connectivity index is 1.98. The summed E-state index contributed by atoms with van der Waals surface area (Å²) < 4.78 is 0. The predicted octanol–water partition coefficient (Wildman–Crippen LogP) is 2.09. The number of carboxylic acid groups (broad SMARTS) is 1. The highest BCUT2D eigenvalue weighted by molar-refractivity contribution is 6.29. The fourth-order valence-corrected chi connectivity index (χ4v) is 2.10. The minimum absolute atomic E-state index is 0.142. The number of carbonyl (C=O) groups is 2. The molecule has 0 saturated carbocycles. The first-order chi connectivity index (χ1) is 10.5. The highest BCUT2D eigenvalue weighted by atomic mass is 35.5. The van der Waals surface area contributed by atoms with Crippen LogP contribution in [0.1, 0.15) is 11.1 Å². The van der Waals surface area contributed by atoms with Crippen LogP contribution in [-0.4, -0.2) is 28.0 Å². The summed E-state index contributed by atoms with van der Waals surface area (Å²) in [5, 5.41) is 12.1. The number of carboxylic acids is 1. The van der Waals surface area contributed by atoms with Gasteiger partial charge >= 0.3 is 5.97 Å². The van der Waals surface area contributed by atoms with Crippen LogP contribution in [0.5, 0.6) is 0 Å². The van der Waals surface area contributed by atoms with Gasteiger partial charge in [0.2, 0.25) is 5.91 Å². The Kier molecular flexibility index (Phi) is 5.49. The number of benzene rings is 1. The molecule has 1 aromatic heterocycles. The second kappa shape index (κ2) is 7.56. The molecule has 0 fully saturated rings. The number of hydrogen-bond donors (Lipinski definition) is 2. The molecule has 114 valence electrons. The molecule has 1 heterocycles. The number of carbonyl (C=O) groups excluding carboxylic acids is 1. The molecule has 1 atom stereocenters. The average molecular weight is 319 g/mol. The smallest absolute Gasteiger partial charge is 0.326 e. The van der Waals surface area contributed by atoms with Crippen LogP contribution in [0.4, 0.5) is 0 Å². The molecule has 2 N–H and O–H groups in total. The van der Waals surface area contributed by atoms with E-state index >= 15 is 0 Å². The van der Waals surface area contributed by atoms with E-state index in [0.29, 0.717) is 10.7 Å². The average Bonchev–Trinajstić information content (AvgIpc) is 2.49. The largest absolute Gasteiger partial charge is 0.480 e. The van der Waals surface area contributed by atoms with Crippen LogP contribution in [0, 0.1) is 0 Å². The lowest BCUT2D eigenvalue weighted by Crippen LogP contribution is -2.43. The summed E-state index contributed by atoms with van der Waals surface area (Å²) in [5.41, 5.74) is 1.52. The highest BCUT2D eigenvalue weighted by Gasteiger charge is 2.20. The van der Waals surface area contributed by atoms with Gasteiger partial charge in [0.05, 0.1) is 6.42 Å². The Labute approximate surface area is 133 Å². The van der Waals surface area contributed by atoms with Crippen molar-refractivity contribution in [2.75, 3.05) is 0 Å². The van der Waals surface area contributed by atoms with Crippen molar-refractivity contribution in [3.05, 3.63) is 64.9 Å². The van der Waals surface area contributed by atoms with Crippen molar-refractivity contribution in [3.8, 4) is 0 Å². The maximum atomic E-state index is 12.0. The first-order valence-electron chi connectivity index (χ1n) is 6.71. The van der Waals surface area contributed by atoms with Gasteiger partial charge in [-0.1, -0.05) is 48.0 Å². The number of rotatable bonds is 6. The molecule has 5 nitrogen and oxygen atoms in total. The number of aromatic nitrogens is 1. The molecular weight excluding hydrogens is 304 g/mol. The van der Waals surface area contributed by atoms with Gasteiger partial charge in [-0.3, -0.25) is 4.79 Å². The van der Waals surface area contributed by atoms with Gasteiger partial charge in [0.25, 0.3) is 0 Å². The van der Waals surface area contributed by atoms with E-state index < -0.39 is 12.0 Å². The van der Waals surface area contributed by atoms with E-state index in [4.69, 9.17) is 11.6 Å². The first kappa shape index (κ1) is 16.0. The Morgan fingerprint density at radius 1 is 1.14 bits per heavy atom. The standard InChI is InChI=1S/C16H15ClN2O3/c17-14-7-6-12(10-18-14)8-13(16(21)22)19-15(20)9-11-4-2-1-3-5-11/h1-7,10,13H,8-9H2,(H,19,20)(H,21,22)/t13-/m1/s1. The lowest BCUT2D eigenvalue weighted by molar-refractivity contribution is -0.141. The molecule has 22 heavy (non-hydrogen) atoms. The maximum Gasteiger partial charge on any atom is 0.326 e. The minimum atomic E-state index is -1.09. The summed E-state index contributed by atoms with van der Waals surface area (Å²) in [6.07, 6.45) is 1.80. The molecule has 6 heteroatoms. The maximum absolute atomic E-state index is 12.0. The fraction of sp³-hybridized carbons (Fsp3) is 0.188. The molecule has 0 spiro atoms. The van der Waals surface area contributed by atoms with Gasteiger partial charge in [0.15, 0.2) is 0 Å². The van der Waals surface area contributed by atoms with E-state index in [-0.39, 0.29) is 18.7 Å². The number of amides is 1. The molecule has 0 bridgehead atoms. The van der Waals surface area contributed by atoms with Crippen LogP contribution in [0.15, 0.2) is 48.7 Å². The Hall–Kier alpha value is -2.40. The lowest BCUT2D eigenvalue weighted by Gasteiger charge is -2.14. The monoisotopic (exact) mass is 318 g/mol. The van der Waals surface area contributed by atoms with Crippen molar-refractivity contribution in [1.29, 1.82) is 0 Å². The number of pyridine rings is 1. The van der Waals surface area contributed by atoms with Crippen LogP contribution in [0.3, 0.4) is 0 Å². The fourth-order valence-electron chi connectivity index (χ4n) is 1.99. The summed E-state index contributed by atoms with van der Waals surface area (Å²) in [7, 11) is 0.